The summed E-state index contributed by atoms with van der Waals surface area (Å²) in [6.45, 7) is -0.588. The molecule has 1 aliphatic rings. The Balaban J connectivity index is 1.79. The number of benzene rings is 2. The van der Waals surface area contributed by atoms with E-state index in [2.05, 4.69) is 0 Å². The van der Waals surface area contributed by atoms with Crippen LogP contribution in [0.2, 0.25) is 0 Å². The zero-order chi connectivity index (χ0) is 21.1. The van der Waals surface area contributed by atoms with Crippen molar-refractivity contribution in [3.63, 3.8) is 0 Å². The minimum Gasteiger partial charge on any atom is -0.508 e. The van der Waals surface area contributed by atoms with Gasteiger partial charge in [-0.15, -0.1) is 0 Å². The number of phenolic OH excluding ortho intramolecular Hbond substituents is 3. The van der Waals surface area contributed by atoms with Crippen LogP contribution >= 0.6 is 0 Å². The number of aromatic hydroxyl groups is 3. The molecule has 0 aliphatic carbocycles. The number of aliphatic hydroxyl groups excluding tert-OH is 4. The van der Waals surface area contributed by atoms with E-state index in [-0.39, 0.29) is 23.0 Å². The van der Waals surface area contributed by atoms with Crippen LogP contribution in [0, 0.1) is 0 Å². The van der Waals surface area contributed by atoms with E-state index in [1.807, 2.05) is 0 Å². The third-order valence-corrected chi connectivity index (χ3v) is 4.48. The van der Waals surface area contributed by atoms with Gasteiger partial charge in [0.1, 0.15) is 47.4 Å². The normalized spacial score (nSPS) is 27.2. The van der Waals surface area contributed by atoms with Crippen LogP contribution in [0.4, 0.5) is 0 Å². The first kappa shape index (κ1) is 20.9. The van der Waals surface area contributed by atoms with Crippen LogP contribution in [0.25, 0.3) is 12.2 Å². The lowest BCUT2D eigenvalue weighted by Gasteiger charge is -2.39. The maximum Gasteiger partial charge on any atom is 0.229 e. The standard InChI is InChI=1S/C20H22O9/c21-9-16-17(25)18(26)19(27)20(29-16)28-14-6-10(5-13(23)7-14)1-2-11-3-4-12(22)8-15(11)24/h1-8,16-27H,9H2/b2-1+/t16-,17?,18+,19?,20-/m1/s1. The van der Waals surface area contributed by atoms with Gasteiger partial charge in [0, 0.05) is 17.7 Å². The van der Waals surface area contributed by atoms with Crippen molar-refractivity contribution < 1.29 is 45.2 Å². The van der Waals surface area contributed by atoms with E-state index in [0.717, 1.165) is 0 Å². The minimum absolute atomic E-state index is 0.0766. The van der Waals surface area contributed by atoms with Gasteiger partial charge in [0.05, 0.1) is 6.61 Å². The first-order valence-corrected chi connectivity index (χ1v) is 8.80. The van der Waals surface area contributed by atoms with Gasteiger partial charge >= 0.3 is 0 Å². The Morgan fingerprint density at radius 3 is 2.31 bits per heavy atom. The molecule has 3 rings (SSSR count). The van der Waals surface area contributed by atoms with Crippen molar-refractivity contribution >= 4 is 12.2 Å². The molecule has 9 heteroatoms. The Hall–Kier alpha value is -2.82. The SMILES string of the molecule is OC[C@H]1O[C@@H](Oc2cc(O)cc(/C=C/c3ccc(O)cc3O)c2)C(O)[C@@H](O)C1O. The van der Waals surface area contributed by atoms with Gasteiger partial charge in [0.15, 0.2) is 0 Å². The molecule has 0 bridgehead atoms. The lowest BCUT2D eigenvalue weighted by atomic mass is 9.99. The van der Waals surface area contributed by atoms with E-state index >= 15 is 0 Å². The molecule has 1 saturated heterocycles. The van der Waals surface area contributed by atoms with Crippen molar-refractivity contribution in [3.8, 4) is 23.0 Å². The third-order valence-electron chi connectivity index (χ3n) is 4.48. The topological polar surface area (TPSA) is 160 Å². The van der Waals surface area contributed by atoms with E-state index in [1.165, 1.54) is 36.4 Å². The summed E-state index contributed by atoms with van der Waals surface area (Å²) >= 11 is 0. The highest BCUT2D eigenvalue weighted by atomic mass is 16.7. The molecule has 1 heterocycles. The summed E-state index contributed by atoms with van der Waals surface area (Å²) < 4.78 is 10.8. The van der Waals surface area contributed by atoms with Crippen LogP contribution in [0.3, 0.4) is 0 Å². The Labute approximate surface area is 165 Å². The molecule has 0 aromatic heterocycles. The van der Waals surface area contributed by atoms with E-state index in [9.17, 15) is 35.7 Å². The molecule has 29 heavy (non-hydrogen) atoms. The zero-order valence-electron chi connectivity index (χ0n) is 15.2. The fourth-order valence-electron chi connectivity index (χ4n) is 2.93. The molecule has 1 aliphatic heterocycles. The molecule has 2 aromatic carbocycles. The second-order valence-electron chi connectivity index (χ2n) is 6.65. The van der Waals surface area contributed by atoms with E-state index in [0.29, 0.717) is 11.1 Å². The smallest absolute Gasteiger partial charge is 0.229 e. The van der Waals surface area contributed by atoms with Crippen LogP contribution < -0.4 is 4.74 Å². The Morgan fingerprint density at radius 2 is 1.62 bits per heavy atom. The molecule has 9 nitrogen and oxygen atoms in total. The quantitative estimate of drug-likeness (QED) is 0.343. The Morgan fingerprint density at radius 1 is 0.862 bits per heavy atom. The van der Waals surface area contributed by atoms with Crippen LogP contribution in [-0.2, 0) is 4.74 Å². The zero-order valence-corrected chi connectivity index (χ0v) is 15.2. The second kappa shape index (κ2) is 8.68. The van der Waals surface area contributed by atoms with Gasteiger partial charge in [-0.3, -0.25) is 0 Å². The van der Waals surface area contributed by atoms with Gasteiger partial charge in [-0.2, -0.15) is 0 Å². The van der Waals surface area contributed by atoms with Gasteiger partial charge < -0.3 is 45.2 Å². The third kappa shape index (κ3) is 4.78. The highest BCUT2D eigenvalue weighted by Gasteiger charge is 2.44. The second-order valence-corrected chi connectivity index (χ2v) is 6.65. The van der Waals surface area contributed by atoms with Crippen LogP contribution in [0.1, 0.15) is 11.1 Å². The molecule has 0 amide bonds. The average molecular weight is 406 g/mol. The fraction of sp³-hybridized carbons (Fsp3) is 0.300. The highest BCUT2D eigenvalue weighted by Crippen LogP contribution is 2.29. The van der Waals surface area contributed by atoms with Crippen molar-refractivity contribution in [2.75, 3.05) is 6.61 Å². The molecule has 7 N–H and O–H groups in total. The summed E-state index contributed by atoms with van der Waals surface area (Å²) in [6, 6.07) is 8.31. The molecule has 156 valence electrons. The lowest BCUT2D eigenvalue weighted by Crippen LogP contribution is -2.60. The van der Waals surface area contributed by atoms with Crippen LogP contribution in [-0.4, -0.2) is 73.1 Å². The summed E-state index contributed by atoms with van der Waals surface area (Å²) in [5, 5.41) is 68.0. The van der Waals surface area contributed by atoms with Crippen molar-refractivity contribution in [2.24, 2.45) is 0 Å². The van der Waals surface area contributed by atoms with Gasteiger partial charge in [-0.05, 0) is 29.8 Å². The number of ether oxygens (including phenoxy) is 2. The van der Waals surface area contributed by atoms with Crippen molar-refractivity contribution in [3.05, 3.63) is 47.5 Å². The van der Waals surface area contributed by atoms with E-state index < -0.39 is 37.3 Å². The lowest BCUT2D eigenvalue weighted by molar-refractivity contribution is -0.277. The summed E-state index contributed by atoms with van der Waals surface area (Å²) in [6.07, 6.45) is -4.04. The van der Waals surface area contributed by atoms with Crippen LogP contribution in [0.5, 0.6) is 23.0 Å². The summed E-state index contributed by atoms with van der Waals surface area (Å²) in [5.74, 6) is -0.253. The van der Waals surface area contributed by atoms with Gasteiger partial charge in [-0.25, -0.2) is 0 Å². The summed E-state index contributed by atoms with van der Waals surface area (Å²) in [4.78, 5) is 0. The number of rotatable bonds is 5. The molecule has 2 aromatic rings. The van der Waals surface area contributed by atoms with Gasteiger partial charge in [0.25, 0.3) is 0 Å². The van der Waals surface area contributed by atoms with Gasteiger partial charge in [0.2, 0.25) is 6.29 Å². The number of hydrogen-bond acceptors (Lipinski definition) is 9. The molecule has 0 spiro atoms. The Kier molecular flexibility index (Phi) is 6.26. The molecule has 0 radical (unpaired) electrons. The van der Waals surface area contributed by atoms with Gasteiger partial charge in [-0.1, -0.05) is 12.2 Å². The summed E-state index contributed by atoms with van der Waals surface area (Å²) in [5.41, 5.74) is 0.916. The largest absolute Gasteiger partial charge is 0.508 e. The number of aliphatic hydroxyl groups is 4. The van der Waals surface area contributed by atoms with E-state index in [4.69, 9.17) is 9.47 Å². The van der Waals surface area contributed by atoms with Crippen LogP contribution in [0.15, 0.2) is 36.4 Å². The minimum atomic E-state index is -1.58. The van der Waals surface area contributed by atoms with Crippen molar-refractivity contribution in [1.82, 2.24) is 0 Å². The van der Waals surface area contributed by atoms with E-state index in [1.54, 1.807) is 12.2 Å². The maximum absolute atomic E-state index is 10.1. The highest BCUT2D eigenvalue weighted by molar-refractivity contribution is 5.73. The molecular formula is C20H22O9. The van der Waals surface area contributed by atoms with Crippen molar-refractivity contribution in [1.29, 1.82) is 0 Å². The molecule has 0 saturated carbocycles. The fourth-order valence-corrected chi connectivity index (χ4v) is 2.93. The predicted octanol–water partition coefficient (Wildman–Crippen LogP) is 0.152. The monoisotopic (exact) mass is 406 g/mol. The first-order valence-electron chi connectivity index (χ1n) is 8.80. The predicted molar refractivity (Wildman–Crippen MR) is 101 cm³/mol. The summed E-state index contributed by atoms with van der Waals surface area (Å²) in [7, 11) is 0. The first-order chi connectivity index (χ1) is 13.8. The number of phenols is 3. The maximum atomic E-state index is 10.1. The average Bonchev–Trinajstić information content (AvgIpc) is 2.67. The van der Waals surface area contributed by atoms with Crippen molar-refractivity contribution in [2.45, 2.75) is 30.7 Å². The Bertz CT molecular complexity index is 880. The molecule has 5 atom stereocenters. The molecular weight excluding hydrogens is 384 g/mol. The molecule has 1 fully saturated rings. The number of hydrogen-bond donors (Lipinski definition) is 7. The molecule has 2 unspecified atom stereocenters.